The molecule has 0 aromatic heterocycles. The first-order chi connectivity index (χ1) is 10.9. The van der Waals surface area contributed by atoms with Gasteiger partial charge in [0.2, 0.25) is 0 Å². The SMILES string of the molecule is C=Cc1ccccc1.c1ccc(N=Nc2ccccc2)cc1. The van der Waals surface area contributed by atoms with Crippen LogP contribution in [0.2, 0.25) is 0 Å². The summed E-state index contributed by atoms with van der Waals surface area (Å²) in [5, 5.41) is 8.20. The fourth-order valence-corrected chi connectivity index (χ4v) is 1.69. The lowest BCUT2D eigenvalue weighted by molar-refractivity contribution is 1.23. The first-order valence-electron chi connectivity index (χ1n) is 7.08. The maximum absolute atomic E-state index is 4.10. The molecule has 3 aromatic carbocycles. The largest absolute Gasteiger partial charge is 0.151 e. The summed E-state index contributed by atoms with van der Waals surface area (Å²) in [6, 6.07) is 29.4. The average molecular weight is 286 g/mol. The van der Waals surface area contributed by atoms with Gasteiger partial charge in [-0.25, -0.2) is 0 Å². The Balaban J connectivity index is 0.000000188. The zero-order valence-electron chi connectivity index (χ0n) is 12.3. The number of rotatable bonds is 3. The van der Waals surface area contributed by atoms with E-state index in [4.69, 9.17) is 0 Å². The molecule has 0 saturated carbocycles. The molecule has 0 radical (unpaired) electrons. The smallest absolute Gasteiger partial charge is 0.0857 e. The van der Waals surface area contributed by atoms with Crippen LogP contribution in [0, 0.1) is 0 Å². The highest BCUT2D eigenvalue weighted by Crippen LogP contribution is 2.16. The second-order valence-corrected chi connectivity index (χ2v) is 4.49. The van der Waals surface area contributed by atoms with Crippen LogP contribution in [0.15, 0.2) is 108 Å². The topological polar surface area (TPSA) is 24.7 Å². The van der Waals surface area contributed by atoms with Crippen LogP contribution in [-0.2, 0) is 0 Å². The molecule has 0 bridgehead atoms. The van der Waals surface area contributed by atoms with E-state index in [1.807, 2.05) is 97.1 Å². The van der Waals surface area contributed by atoms with Crippen LogP contribution in [0.4, 0.5) is 11.4 Å². The van der Waals surface area contributed by atoms with E-state index in [2.05, 4.69) is 16.8 Å². The van der Waals surface area contributed by atoms with Crippen molar-refractivity contribution in [3.63, 3.8) is 0 Å². The van der Waals surface area contributed by atoms with Gasteiger partial charge in [0.1, 0.15) is 0 Å². The molecule has 0 spiro atoms. The third-order valence-electron chi connectivity index (χ3n) is 2.83. The van der Waals surface area contributed by atoms with Crippen LogP contribution in [0.25, 0.3) is 6.08 Å². The number of benzene rings is 3. The number of azo groups is 1. The van der Waals surface area contributed by atoms with Crippen molar-refractivity contribution in [1.82, 2.24) is 0 Å². The molecule has 3 aromatic rings. The average Bonchev–Trinajstić information content (AvgIpc) is 2.63. The minimum absolute atomic E-state index is 0.872. The zero-order chi connectivity index (χ0) is 15.5. The van der Waals surface area contributed by atoms with E-state index in [-0.39, 0.29) is 0 Å². The summed E-state index contributed by atoms with van der Waals surface area (Å²) >= 11 is 0. The van der Waals surface area contributed by atoms with Gasteiger partial charge in [0.05, 0.1) is 11.4 Å². The van der Waals surface area contributed by atoms with Crippen LogP contribution >= 0.6 is 0 Å². The molecule has 0 saturated heterocycles. The van der Waals surface area contributed by atoms with Gasteiger partial charge in [0.25, 0.3) is 0 Å². The Morgan fingerprint density at radius 3 is 1.23 bits per heavy atom. The molecule has 108 valence electrons. The summed E-state index contributed by atoms with van der Waals surface area (Å²) in [4.78, 5) is 0. The molecule has 0 aliphatic rings. The molecule has 0 amide bonds. The first-order valence-corrected chi connectivity index (χ1v) is 7.08. The Morgan fingerprint density at radius 2 is 0.909 bits per heavy atom. The molecule has 0 atom stereocenters. The first kappa shape index (κ1) is 15.4. The maximum Gasteiger partial charge on any atom is 0.0857 e. The minimum Gasteiger partial charge on any atom is -0.151 e. The lowest BCUT2D eigenvalue weighted by atomic mass is 10.2. The summed E-state index contributed by atoms with van der Waals surface area (Å²) in [5.74, 6) is 0. The number of hydrogen-bond donors (Lipinski definition) is 0. The fraction of sp³-hybridized carbons (Fsp3) is 0. The van der Waals surface area contributed by atoms with Crippen molar-refractivity contribution in [1.29, 1.82) is 0 Å². The van der Waals surface area contributed by atoms with Crippen molar-refractivity contribution in [2.75, 3.05) is 0 Å². The summed E-state index contributed by atoms with van der Waals surface area (Å²) in [7, 11) is 0. The van der Waals surface area contributed by atoms with Gasteiger partial charge >= 0.3 is 0 Å². The molecule has 22 heavy (non-hydrogen) atoms. The summed E-state index contributed by atoms with van der Waals surface area (Å²) in [5.41, 5.74) is 2.92. The molecule has 0 N–H and O–H groups in total. The predicted molar refractivity (Wildman–Crippen MR) is 93.6 cm³/mol. The van der Waals surface area contributed by atoms with Crippen molar-refractivity contribution in [3.05, 3.63) is 103 Å². The van der Waals surface area contributed by atoms with Crippen molar-refractivity contribution < 1.29 is 0 Å². The van der Waals surface area contributed by atoms with Gasteiger partial charge in [0, 0.05) is 0 Å². The lowest BCUT2D eigenvalue weighted by Crippen LogP contribution is -1.63. The van der Waals surface area contributed by atoms with Crippen molar-refractivity contribution in [3.8, 4) is 0 Å². The molecule has 2 nitrogen and oxygen atoms in total. The lowest BCUT2D eigenvalue weighted by Gasteiger charge is -1.91. The second kappa shape index (κ2) is 9.03. The van der Waals surface area contributed by atoms with Crippen molar-refractivity contribution >= 4 is 17.5 Å². The van der Waals surface area contributed by atoms with Crippen LogP contribution in [0.3, 0.4) is 0 Å². The van der Waals surface area contributed by atoms with Crippen molar-refractivity contribution in [2.45, 2.75) is 0 Å². The van der Waals surface area contributed by atoms with Crippen LogP contribution in [0.5, 0.6) is 0 Å². The molecule has 0 unspecified atom stereocenters. The predicted octanol–water partition coefficient (Wildman–Crippen LogP) is 6.43. The molecule has 0 aliphatic heterocycles. The van der Waals surface area contributed by atoms with E-state index in [9.17, 15) is 0 Å². The zero-order valence-corrected chi connectivity index (χ0v) is 12.3. The quantitative estimate of drug-likeness (QED) is 0.495. The summed E-state index contributed by atoms with van der Waals surface area (Å²) in [6.45, 7) is 3.63. The van der Waals surface area contributed by atoms with Gasteiger partial charge < -0.3 is 0 Å². The molecule has 2 heteroatoms. The third-order valence-corrected chi connectivity index (χ3v) is 2.83. The Hall–Kier alpha value is -3.00. The fourth-order valence-electron chi connectivity index (χ4n) is 1.69. The van der Waals surface area contributed by atoms with E-state index >= 15 is 0 Å². The van der Waals surface area contributed by atoms with E-state index in [0.717, 1.165) is 11.4 Å². The van der Waals surface area contributed by atoms with Gasteiger partial charge in [-0.2, -0.15) is 10.2 Å². The van der Waals surface area contributed by atoms with Crippen molar-refractivity contribution in [2.24, 2.45) is 10.2 Å². The molecular weight excluding hydrogens is 268 g/mol. The number of hydrogen-bond acceptors (Lipinski definition) is 2. The Bertz CT molecular complexity index is 648. The summed E-state index contributed by atoms with van der Waals surface area (Å²) < 4.78 is 0. The summed E-state index contributed by atoms with van der Waals surface area (Å²) in [6.07, 6.45) is 1.83. The van der Waals surface area contributed by atoms with Crippen LogP contribution in [0.1, 0.15) is 5.56 Å². The molecule has 0 heterocycles. The number of nitrogens with zero attached hydrogens (tertiary/aromatic N) is 2. The normalized spacial score (nSPS) is 9.82. The van der Waals surface area contributed by atoms with E-state index < -0.39 is 0 Å². The van der Waals surface area contributed by atoms with Gasteiger partial charge in [-0.1, -0.05) is 79.4 Å². The highest BCUT2D eigenvalue weighted by molar-refractivity contribution is 5.45. The third kappa shape index (κ3) is 5.55. The van der Waals surface area contributed by atoms with Gasteiger partial charge in [-0.15, -0.1) is 0 Å². The Morgan fingerprint density at radius 1 is 0.545 bits per heavy atom. The van der Waals surface area contributed by atoms with E-state index in [1.165, 1.54) is 5.56 Å². The Kier molecular flexibility index (Phi) is 6.32. The van der Waals surface area contributed by atoms with Gasteiger partial charge in [-0.3, -0.25) is 0 Å². The van der Waals surface area contributed by atoms with E-state index in [1.54, 1.807) is 0 Å². The van der Waals surface area contributed by atoms with Gasteiger partial charge in [-0.05, 0) is 29.8 Å². The molecule has 3 rings (SSSR count). The second-order valence-electron chi connectivity index (χ2n) is 4.49. The van der Waals surface area contributed by atoms with Crippen LogP contribution in [-0.4, -0.2) is 0 Å². The van der Waals surface area contributed by atoms with E-state index in [0.29, 0.717) is 0 Å². The van der Waals surface area contributed by atoms with Gasteiger partial charge in [0.15, 0.2) is 0 Å². The Labute approximate surface area is 131 Å². The maximum atomic E-state index is 4.10. The highest BCUT2D eigenvalue weighted by Gasteiger charge is 1.86. The minimum atomic E-state index is 0.872. The monoisotopic (exact) mass is 286 g/mol. The molecule has 0 aliphatic carbocycles. The standard InChI is InChI=1S/C12H10N2.C8H8/c1-3-7-11(8-4-1)13-14-12-9-5-2-6-10-12;1-2-8-6-4-3-5-7-8/h1-10H;2-7H,1H2. The molecular formula is C20H18N2. The highest BCUT2D eigenvalue weighted by atomic mass is 15.1. The van der Waals surface area contributed by atoms with Crippen LogP contribution < -0.4 is 0 Å². The molecule has 0 fully saturated rings.